The first-order chi connectivity index (χ1) is 10.6. The van der Waals surface area contributed by atoms with Crippen LogP contribution in [0.1, 0.15) is 24.0 Å². The predicted molar refractivity (Wildman–Crippen MR) is 90.3 cm³/mol. The zero-order valence-electron chi connectivity index (χ0n) is 13.9. The van der Waals surface area contributed by atoms with Crippen LogP contribution in [0, 0.1) is 6.92 Å². The molecular formula is C18H26N4. The third kappa shape index (κ3) is 3.39. The van der Waals surface area contributed by atoms with Gasteiger partial charge in [0.25, 0.3) is 0 Å². The topological polar surface area (TPSA) is 24.3 Å². The molecule has 2 heterocycles. The minimum atomic E-state index is 0.705. The number of hydrogen-bond acceptors (Lipinski definition) is 3. The van der Waals surface area contributed by atoms with Crippen LogP contribution in [0.3, 0.4) is 0 Å². The maximum absolute atomic E-state index is 4.53. The molecule has 4 nitrogen and oxygen atoms in total. The molecule has 4 heteroatoms. The van der Waals surface area contributed by atoms with E-state index in [4.69, 9.17) is 0 Å². The first kappa shape index (κ1) is 15.3. The largest absolute Gasteiger partial charge is 0.302 e. The maximum Gasteiger partial charge on any atom is 0.0674 e. The van der Waals surface area contributed by atoms with E-state index in [0.29, 0.717) is 6.04 Å². The minimum Gasteiger partial charge on any atom is -0.302 e. The van der Waals surface area contributed by atoms with Crippen LogP contribution in [-0.4, -0.2) is 52.8 Å². The normalized spacial score (nSPS) is 19.2. The molecular weight excluding hydrogens is 272 g/mol. The summed E-state index contributed by atoms with van der Waals surface area (Å²) in [6.07, 6.45) is 6.79. The van der Waals surface area contributed by atoms with Crippen molar-refractivity contribution in [3.8, 4) is 5.69 Å². The standard InChI is InChI=1S/C18H26N4/c1-15-7-4-5-9-18(15)22-13-16(11-19-22)12-20(2)14-17-8-6-10-21(17)3/h4-5,7,9,11,13,17H,6,8,10,12,14H2,1-3H3/t17-/m1/s1. The van der Waals surface area contributed by atoms with E-state index in [1.54, 1.807) is 0 Å². The lowest BCUT2D eigenvalue weighted by Gasteiger charge is -2.25. The summed E-state index contributed by atoms with van der Waals surface area (Å²) in [5.74, 6) is 0. The number of likely N-dealkylation sites (N-methyl/N-ethyl adjacent to an activating group) is 2. The third-order valence-corrected chi connectivity index (χ3v) is 4.64. The van der Waals surface area contributed by atoms with E-state index in [9.17, 15) is 0 Å². The van der Waals surface area contributed by atoms with Crippen LogP contribution in [-0.2, 0) is 6.54 Å². The summed E-state index contributed by atoms with van der Waals surface area (Å²) in [6, 6.07) is 9.07. The SMILES string of the molecule is Cc1ccccc1-n1cc(CN(C)C[C@H]2CCCN2C)cn1. The lowest BCUT2D eigenvalue weighted by atomic mass is 10.2. The Balaban J connectivity index is 1.63. The number of aryl methyl sites for hydroxylation is 1. The van der Waals surface area contributed by atoms with Gasteiger partial charge in [-0.25, -0.2) is 4.68 Å². The van der Waals surface area contributed by atoms with Gasteiger partial charge in [0.2, 0.25) is 0 Å². The van der Waals surface area contributed by atoms with Crippen LogP contribution >= 0.6 is 0 Å². The summed E-state index contributed by atoms with van der Waals surface area (Å²) < 4.78 is 1.99. The van der Waals surface area contributed by atoms with E-state index in [1.165, 1.54) is 30.5 Å². The highest BCUT2D eigenvalue weighted by Crippen LogP contribution is 2.17. The zero-order chi connectivity index (χ0) is 15.5. The second-order valence-corrected chi connectivity index (χ2v) is 6.55. The molecule has 1 aromatic heterocycles. The van der Waals surface area contributed by atoms with Crippen molar-refractivity contribution >= 4 is 0 Å². The molecule has 0 aliphatic carbocycles. The molecule has 2 aromatic rings. The Labute approximate surface area is 133 Å². The van der Waals surface area contributed by atoms with Crippen molar-refractivity contribution in [3.05, 3.63) is 47.8 Å². The number of aromatic nitrogens is 2. The van der Waals surface area contributed by atoms with Gasteiger partial charge in [-0.05, 0) is 52.0 Å². The van der Waals surface area contributed by atoms with Gasteiger partial charge in [-0.15, -0.1) is 0 Å². The lowest BCUT2D eigenvalue weighted by Crippen LogP contribution is -2.36. The fraction of sp³-hybridized carbons (Fsp3) is 0.500. The van der Waals surface area contributed by atoms with Gasteiger partial charge in [0, 0.05) is 30.9 Å². The Bertz CT molecular complexity index is 619. The Morgan fingerprint density at radius 2 is 2.14 bits per heavy atom. The Kier molecular flexibility index (Phi) is 4.60. The van der Waals surface area contributed by atoms with Gasteiger partial charge < -0.3 is 9.80 Å². The van der Waals surface area contributed by atoms with Gasteiger partial charge in [0.05, 0.1) is 11.9 Å². The molecule has 1 fully saturated rings. The Morgan fingerprint density at radius 3 is 2.86 bits per heavy atom. The number of nitrogens with zero attached hydrogens (tertiary/aromatic N) is 4. The van der Waals surface area contributed by atoms with E-state index in [2.05, 4.69) is 66.4 Å². The average Bonchev–Trinajstić information content (AvgIpc) is 3.10. The summed E-state index contributed by atoms with van der Waals surface area (Å²) >= 11 is 0. The molecule has 1 aromatic carbocycles. The Morgan fingerprint density at radius 1 is 1.32 bits per heavy atom. The molecule has 3 rings (SSSR count). The number of para-hydroxylation sites is 1. The highest BCUT2D eigenvalue weighted by molar-refractivity contribution is 5.39. The number of likely N-dealkylation sites (tertiary alicyclic amines) is 1. The molecule has 0 radical (unpaired) electrons. The predicted octanol–water partition coefficient (Wildman–Crippen LogP) is 2.71. The third-order valence-electron chi connectivity index (χ3n) is 4.64. The van der Waals surface area contributed by atoms with Crippen LogP contribution in [0.4, 0.5) is 0 Å². The van der Waals surface area contributed by atoms with Crippen LogP contribution in [0.2, 0.25) is 0 Å². The summed E-state index contributed by atoms with van der Waals surface area (Å²) in [5, 5.41) is 4.53. The number of benzene rings is 1. The van der Waals surface area contributed by atoms with Crippen LogP contribution in [0.5, 0.6) is 0 Å². The first-order valence-electron chi connectivity index (χ1n) is 8.12. The summed E-state index contributed by atoms with van der Waals surface area (Å²) in [4.78, 5) is 4.89. The Hall–Kier alpha value is -1.65. The van der Waals surface area contributed by atoms with Gasteiger partial charge in [-0.3, -0.25) is 0 Å². The summed E-state index contributed by atoms with van der Waals surface area (Å²) in [7, 11) is 4.44. The van der Waals surface area contributed by atoms with Crippen molar-refractivity contribution < 1.29 is 0 Å². The zero-order valence-corrected chi connectivity index (χ0v) is 13.9. The van der Waals surface area contributed by atoms with E-state index >= 15 is 0 Å². The van der Waals surface area contributed by atoms with Crippen molar-refractivity contribution in [1.82, 2.24) is 19.6 Å². The molecule has 118 valence electrons. The van der Waals surface area contributed by atoms with Crippen molar-refractivity contribution in [2.75, 3.05) is 27.2 Å². The van der Waals surface area contributed by atoms with Gasteiger partial charge in [-0.2, -0.15) is 5.10 Å². The van der Waals surface area contributed by atoms with Gasteiger partial charge >= 0.3 is 0 Å². The number of rotatable bonds is 5. The highest BCUT2D eigenvalue weighted by Gasteiger charge is 2.22. The monoisotopic (exact) mass is 298 g/mol. The second-order valence-electron chi connectivity index (χ2n) is 6.55. The molecule has 0 spiro atoms. The smallest absolute Gasteiger partial charge is 0.0674 e. The van der Waals surface area contributed by atoms with Crippen LogP contribution < -0.4 is 0 Å². The first-order valence-corrected chi connectivity index (χ1v) is 8.12. The minimum absolute atomic E-state index is 0.705. The van der Waals surface area contributed by atoms with Crippen LogP contribution in [0.15, 0.2) is 36.7 Å². The molecule has 0 unspecified atom stereocenters. The average molecular weight is 298 g/mol. The molecule has 1 aliphatic heterocycles. The molecule has 0 N–H and O–H groups in total. The quantitative estimate of drug-likeness (QED) is 0.848. The van der Waals surface area contributed by atoms with E-state index in [1.807, 2.05) is 10.9 Å². The number of hydrogen-bond donors (Lipinski definition) is 0. The summed E-state index contributed by atoms with van der Waals surface area (Å²) in [6.45, 7) is 5.45. The van der Waals surface area contributed by atoms with Gasteiger partial charge in [-0.1, -0.05) is 18.2 Å². The molecule has 1 aliphatic rings. The lowest BCUT2D eigenvalue weighted by molar-refractivity contribution is 0.215. The van der Waals surface area contributed by atoms with E-state index < -0.39 is 0 Å². The molecule has 0 bridgehead atoms. The van der Waals surface area contributed by atoms with Crippen molar-refractivity contribution in [1.29, 1.82) is 0 Å². The maximum atomic E-state index is 4.53. The van der Waals surface area contributed by atoms with Gasteiger partial charge in [0.1, 0.15) is 0 Å². The molecule has 22 heavy (non-hydrogen) atoms. The highest BCUT2D eigenvalue weighted by atomic mass is 15.3. The van der Waals surface area contributed by atoms with Gasteiger partial charge in [0.15, 0.2) is 0 Å². The van der Waals surface area contributed by atoms with Crippen molar-refractivity contribution in [3.63, 3.8) is 0 Å². The second kappa shape index (κ2) is 6.63. The van der Waals surface area contributed by atoms with Crippen molar-refractivity contribution in [2.24, 2.45) is 0 Å². The molecule has 1 atom stereocenters. The fourth-order valence-corrected chi connectivity index (χ4v) is 3.34. The molecule has 1 saturated heterocycles. The van der Waals surface area contributed by atoms with E-state index in [0.717, 1.165) is 18.8 Å². The fourth-order valence-electron chi connectivity index (χ4n) is 3.34. The molecule has 0 saturated carbocycles. The van der Waals surface area contributed by atoms with Crippen LogP contribution in [0.25, 0.3) is 5.69 Å². The summed E-state index contributed by atoms with van der Waals surface area (Å²) in [5.41, 5.74) is 3.68. The van der Waals surface area contributed by atoms with Crippen molar-refractivity contribution in [2.45, 2.75) is 32.4 Å². The van der Waals surface area contributed by atoms with E-state index in [-0.39, 0.29) is 0 Å². The molecule has 0 amide bonds.